The van der Waals surface area contributed by atoms with Crippen molar-refractivity contribution in [1.29, 1.82) is 0 Å². The van der Waals surface area contributed by atoms with E-state index in [0.717, 1.165) is 0 Å². The molecule has 0 spiro atoms. The van der Waals surface area contributed by atoms with Crippen molar-refractivity contribution in [2.24, 2.45) is 5.73 Å². The molecule has 0 aliphatic heterocycles. The fraction of sp³-hybridized carbons (Fsp3) is 0.333. The van der Waals surface area contributed by atoms with Gasteiger partial charge in [0.25, 0.3) is 5.91 Å². The summed E-state index contributed by atoms with van der Waals surface area (Å²) in [5.74, 6) is -0.156. The summed E-state index contributed by atoms with van der Waals surface area (Å²) in [6.07, 6.45) is 0. The predicted molar refractivity (Wildman–Crippen MR) is 50.7 cm³/mol. The van der Waals surface area contributed by atoms with Crippen molar-refractivity contribution in [2.75, 3.05) is 13.1 Å². The van der Waals surface area contributed by atoms with E-state index in [1.165, 1.54) is 11.3 Å². The smallest absolute Gasteiger partial charge is 0.270 e. The third-order valence-electron chi connectivity index (χ3n) is 1.09. The molecule has 1 rings (SSSR count). The van der Waals surface area contributed by atoms with E-state index < -0.39 is 0 Å². The van der Waals surface area contributed by atoms with Crippen LogP contribution in [0.2, 0.25) is 0 Å². The van der Waals surface area contributed by atoms with Gasteiger partial charge in [-0.3, -0.25) is 4.79 Å². The molecule has 0 atom stereocenters. The van der Waals surface area contributed by atoms with Gasteiger partial charge in [-0.1, -0.05) is 0 Å². The minimum atomic E-state index is -0.156. The average molecular weight is 208 g/mol. The van der Waals surface area contributed by atoms with E-state index in [2.05, 4.69) is 10.3 Å². The number of hydrogen-bond donors (Lipinski definition) is 2. The first-order chi connectivity index (χ1) is 5.34. The van der Waals surface area contributed by atoms with Gasteiger partial charge in [0.2, 0.25) is 0 Å². The molecule has 0 aliphatic carbocycles. The maximum Gasteiger partial charge on any atom is 0.270 e. The first-order valence-corrected chi connectivity index (χ1v) is 4.15. The molecule has 0 aliphatic rings. The van der Waals surface area contributed by atoms with Gasteiger partial charge in [0.1, 0.15) is 5.69 Å². The van der Waals surface area contributed by atoms with Gasteiger partial charge in [-0.25, -0.2) is 4.98 Å². The Balaban J connectivity index is 0.00000121. The highest BCUT2D eigenvalue weighted by Gasteiger charge is 2.04. The highest BCUT2D eigenvalue weighted by atomic mass is 35.5. The average Bonchev–Trinajstić information content (AvgIpc) is 2.52. The van der Waals surface area contributed by atoms with Crippen LogP contribution >= 0.6 is 23.7 Å². The molecule has 0 fully saturated rings. The summed E-state index contributed by atoms with van der Waals surface area (Å²) in [5, 5.41) is 4.32. The fourth-order valence-electron chi connectivity index (χ4n) is 0.601. The first-order valence-electron chi connectivity index (χ1n) is 3.21. The molecule has 6 heteroatoms. The summed E-state index contributed by atoms with van der Waals surface area (Å²) < 4.78 is 0. The Morgan fingerprint density at radius 1 is 1.75 bits per heavy atom. The van der Waals surface area contributed by atoms with Gasteiger partial charge in [-0.05, 0) is 0 Å². The van der Waals surface area contributed by atoms with Crippen LogP contribution in [0.15, 0.2) is 10.9 Å². The summed E-state index contributed by atoms with van der Waals surface area (Å²) in [6.45, 7) is 0.951. The maximum absolute atomic E-state index is 11.0. The molecule has 0 saturated heterocycles. The number of nitrogens with zero attached hydrogens (tertiary/aromatic N) is 1. The van der Waals surface area contributed by atoms with E-state index >= 15 is 0 Å². The zero-order valence-electron chi connectivity index (χ0n) is 6.32. The van der Waals surface area contributed by atoms with Gasteiger partial charge < -0.3 is 11.1 Å². The molecule has 1 amide bonds. The molecule has 1 aromatic heterocycles. The topological polar surface area (TPSA) is 68.0 Å². The van der Waals surface area contributed by atoms with Crippen LogP contribution in [0, 0.1) is 0 Å². The van der Waals surface area contributed by atoms with Crippen LogP contribution in [0.5, 0.6) is 0 Å². The lowest BCUT2D eigenvalue weighted by Gasteiger charge is -1.98. The molecule has 1 heterocycles. The van der Waals surface area contributed by atoms with E-state index in [4.69, 9.17) is 5.73 Å². The number of hydrogen-bond acceptors (Lipinski definition) is 4. The Labute approximate surface area is 80.6 Å². The van der Waals surface area contributed by atoms with Gasteiger partial charge in [-0.15, -0.1) is 23.7 Å². The van der Waals surface area contributed by atoms with Crippen molar-refractivity contribution in [2.45, 2.75) is 0 Å². The van der Waals surface area contributed by atoms with Gasteiger partial charge >= 0.3 is 0 Å². The normalized spacial score (nSPS) is 8.75. The molecular weight excluding hydrogens is 198 g/mol. The minimum absolute atomic E-state index is 0. The number of thiazole rings is 1. The van der Waals surface area contributed by atoms with Crippen LogP contribution in [0.4, 0.5) is 0 Å². The number of aromatic nitrogens is 1. The van der Waals surface area contributed by atoms with Crippen LogP contribution < -0.4 is 11.1 Å². The summed E-state index contributed by atoms with van der Waals surface area (Å²) in [6, 6.07) is 0. The lowest BCUT2D eigenvalue weighted by molar-refractivity contribution is 0.0950. The molecular formula is C6H10ClN3OS. The lowest BCUT2D eigenvalue weighted by Crippen LogP contribution is -2.29. The second-order valence-electron chi connectivity index (χ2n) is 1.92. The number of carbonyl (C=O) groups excluding carboxylic acids is 1. The van der Waals surface area contributed by atoms with Crippen molar-refractivity contribution in [1.82, 2.24) is 10.3 Å². The Hall–Kier alpha value is -0.650. The zero-order chi connectivity index (χ0) is 8.10. The highest BCUT2D eigenvalue weighted by molar-refractivity contribution is 7.07. The lowest BCUT2D eigenvalue weighted by atomic mass is 10.4. The number of amides is 1. The van der Waals surface area contributed by atoms with Crippen LogP contribution in [0.25, 0.3) is 0 Å². The van der Waals surface area contributed by atoms with E-state index in [9.17, 15) is 4.79 Å². The van der Waals surface area contributed by atoms with Crippen LogP contribution in [0.3, 0.4) is 0 Å². The van der Waals surface area contributed by atoms with Crippen LogP contribution in [0.1, 0.15) is 10.5 Å². The predicted octanol–water partition coefficient (Wildman–Crippen LogP) is 0.253. The van der Waals surface area contributed by atoms with E-state index in [1.807, 2.05) is 0 Å². The van der Waals surface area contributed by atoms with E-state index in [-0.39, 0.29) is 18.3 Å². The van der Waals surface area contributed by atoms with E-state index in [1.54, 1.807) is 10.9 Å². The van der Waals surface area contributed by atoms with Crippen molar-refractivity contribution >= 4 is 29.7 Å². The molecule has 68 valence electrons. The SMILES string of the molecule is Cl.NCCNC(=O)c1cscn1. The van der Waals surface area contributed by atoms with Crippen molar-refractivity contribution in [3.63, 3.8) is 0 Å². The zero-order valence-corrected chi connectivity index (χ0v) is 7.95. The maximum atomic E-state index is 11.0. The Bertz CT molecular complexity index is 227. The first kappa shape index (κ1) is 11.4. The van der Waals surface area contributed by atoms with Crippen molar-refractivity contribution < 1.29 is 4.79 Å². The molecule has 0 saturated carbocycles. The third kappa shape index (κ3) is 3.17. The Morgan fingerprint density at radius 3 is 3.00 bits per heavy atom. The van der Waals surface area contributed by atoms with Gasteiger partial charge in [0.05, 0.1) is 5.51 Å². The number of rotatable bonds is 3. The van der Waals surface area contributed by atoms with Gasteiger partial charge in [0, 0.05) is 18.5 Å². The summed E-state index contributed by atoms with van der Waals surface area (Å²) >= 11 is 1.40. The molecule has 0 aromatic carbocycles. The van der Waals surface area contributed by atoms with Crippen LogP contribution in [-0.4, -0.2) is 24.0 Å². The van der Waals surface area contributed by atoms with Crippen molar-refractivity contribution in [3.05, 3.63) is 16.6 Å². The van der Waals surface area contributed by atoms with Crippen molar-refractivity contribution in [3.8, 4) is 0 Å². The summed E-state index contributed by atoms with van der Waals surface area (Å²) in [5.41, 5.74) is 7.28. The highest BCUT2D eigenvalue weighted by Crippen LogP contribution is 1.99. The Morgan fingerprint density at radius 2 is 2.50 bits per heavy atom. The Kier molecular flexibility index (Phi) is 5.61. The molecule has 12 heavy (non-hydrogen) atoms. The second kappa shape index (κ2) is 5.93. The van der Waals surface area contributed by atoms with Gasteiger partial charge in [0.15, 0.2) is 0 Å². The molecule has 0 bridgehead atoms. The molecule has 3 N–H and O–H groups in total. The quantitative estimate of drug-likeness (QED) is 0.747. The molecule has 0 unspecified atom stereocenters. The van der Waals surface area contributed by atoms with E-state index in [0.29, 0.717) is 18.8 Å². The third-order valence-corrected chi connectivity index (χ3v) is 1.68. The fourth-order valence-corrected chi connectivity index (χ4v) is 1.13. The number of nitrogens with one attached hydrogen (secondary N) is 1. The number of halogens is 1. The summed E-state index contributed by atoms with van der Waals surface area (Å²) in [7, 11) is 0. The summed E-state index contributed by atoms with van der Waals surface area (Å²) in [4.78, 5) is 14.9. The minimum Gasteiger partial charge on any atom is -0.349 e. The van der Waals surface area contributed by atoms with Crippen LogP contribution in [-0.2, 0) is 0 Å². The molecule has 1 aromatic rings. The molecule has 0 radical (unpaired) electrons. The largest absolute Gasteiger partial charge is 0.349 e. The number of carbonyl (C=O) groups is 1. The van der Waals surface area contributed by atoms with Gasteiger partial charge in [-0.2, -0.15) is 0 Å². The molecule has 4 nitrogen and oxygen atoms in total. The number of nitrogens with two attached hydrogens (primary N) is 1. The second-order valence-corrected chi connectivity index (χ2v) is 2.64. The monoisotopic (exact) mass is 207 g/mol. The standard InChI is InChI=1S/C6H9N3OS.ClH/c7-1-2-8-6(10)5-3-11-4-9-5;/h3-4H,1-2,7H2,(H,8,10);1H.